The summed E-state index contributed by atoms with van der Waals surface area (Å²) in [5.74, 6) is 0.788. The second kappa shape index (κ2) is 5.66. The van der Waals surface area contributed by atoms with Gasteiger partial charge in [0.05, 0.1) is 5.56 Å². The Labute approximate surface area is 103 Å². The van der Waals surface area contributed by atoms with E-state index in [2.05, 4.69) is 18.8 Å². The van der Waals surface area contributed by atoms with Crippen LogP contribution in [0.15, 0.2) is 18.3 Å². The van der Waals surface area contributed by atoms with E-state index in [0.717, 1.165) is 6.42 Å². The number of pyridine rings is 1. The molecule has 1 aromatic heterocycles. The van der Waals surface area contributed by atoms with E-state index < -0.39 is 0 Å². The molecule has 1 unspecified atom stereocenters. The summed E-state index contributed by atoms with van der Waals surface area (Å²) in [5.41, 5.74) is 6.18. The molecule has 1 atom stereocenters. The zero-order valence-corrected chi connectivity index (χ0v) is 11.0. The molecule has 0 aliphatic heterocycles. The van der Waals surface area contributed by atoms with Crippen molar-refractivity contribution in [1.82, 2.24) is 9.88 Å². The Balaban J connectivity index is 2.80. The number of nitrogen functional groups attached to an aromatic ring is 1. The summed E-state index contributed by atoms with van der Waals surface area (Å²) in [7, 11) is 1.81. The van der Waals surface area contributed by atoms with Crippen molar-refractivity contribution >= 4 is 11.7 Å². The van der Waals surface area contributed by atoms with Crippen LogP contribution in [-0.4, -0.2) is 28.9 Å². The Morgan fingerprint density at radius 3 is 2.65 bits per heavy atom. The van der Waals surface area contributed by atoms with Gasteiger partial charge >= 0.3 is 0 Å². The molecule has 0 fully saturated rings. The fourth-order valence-corrected chi connectivity index (χ4v) is 1.83. The molecule has 17 heavy (non-hydrogen) atoms. The molecular formula is C13H21N3O. The van der Waals surface area contributed by atoms with Crippen LogP contribution in [0.4, 0.5) is 5.82 Å². The quantitative estimate of drug-likeness (QED) is 0.870. The predicted octanol–water partition coefficient (Wildman–Crippen LogP) is 2.17. The van der Waals surface area contributed by atoms with Gasteiger partial charge in [0.15, 0.2) is 0 Å². The Morgan fingerprint density at radius 1 is 1.47 bits per heavy atom. The number of carbonyl (C=O) groups is 1. The van der Waals surface area contributed by atoms with Gasteiger partial charge in [-0.15, -0.1) is 0 Å². The first-order valence-corrected chi connectivity index (χ1v) is 5.91. The molecule has 0 saturated carbocycles. The topological polar surface area (TPSA) is 59.2 Å². The fraction of sp³-hybridized carbons (Fsp3) is 0.538. The number of hydrogen-bond donors (Lipinski definition) is 1. The number of carbonyl (C=O) groups excluding carboxylic acids is 1. The van der Waals surface area contributed by atoms with Crippen LogP contribution >= 0.6 is 0 Å². The van der Waals surface area contributed by atoms with Gasteiger partial charge < -0.3 is 10.6 Å². The van der Waals surface area contributed by atoms with Crippen LogP contribution in [0, 0.1) is 5.92 Å². The highest BCUT2D eigenvalue weighted by molar-refractivity contribution is 5.98. The largest absolute Gasteiger partial charge is 0.383 e. The first kappa shape index (κ1) is 13.5. The third-order valence-corrected chi connectivity index (χ3v) is 2.86. The second-order valence-electron chi connectivity index (χ2n) is 4.83. The fourth-order valence-electron chi connectivity index (χ4n) is 1.83. The van der Waals surface area contributed by atoms with E-state index in [1.807, 2.05) is 14.0 Å². The van der Waals surface area contributed by atoms with Crippen LogP contribution in [0.25, 0.3) is 0 Å². The number of nitrogens with zero attached hydrogens (tertiary/aromatic N) is 2. The molecule has 0 aromatic carbocycles. The van der Waals surface area contributed by atoms with Gasteiger partial charge in [0.1, 0.15) is 5.82 Å². The van der Waals surface area contributed by atoms with Gasteiger partial charge in [0, 0.05) is 19.3 Å². The van der Waals surface area contributed by atoms with E-state index in [1.54, 1.807) is 23.2 Å². The Bertz CT molecular complexity index is 390. The van der Waals surface area contributed by atoms with Crippen molar-refractivity contribution in [1.29, 1.82) is 0 Å². The normalized spacial score (nSPS) is 12.5. The van der Waals surface area contributed by atoms with E-state index in [9.17, 15) is 4.79 Å². The minimum Gasteiger partial charge on any atom is -0.383 e. The molecule has 2 N–H and O–H groups in total. The minimum absolute atomic E-state index is 0.0660. The lowest BCUT2D eigenvalue weighted by Gasteiger charge is -2.26. The molecule has 1 rings (SSSR count). The van der Waals surface area contributed by atoms with Gasteiger partial charge in [-0.3, -0.25) is 4.79 Å². The van der Waals surface area contributed by atoms with Crippen LogP contribution in [0.2, 0.25) is 0 Å². The number of hydrogen-bond acceptors (Lipinski definition) is 3. The van der Waals surface area contributed by atoms with Gasteiger partial charge in [-0.05, 0) is 31.4 Å². The van der Waals surface area contributed by atoms with Crippen molar-refractivity contribution < 1.29 is 4.79 Å². The molecule has 0 radical (unpaired) electrons. The zero-order chi connectivity index (χ0) is 13.0. The number of aromatic nitrogens is 1. The summed E-state index contributed by atoms with van der Waals surface area (Å²) in [6.45, 7) is 6.34. The van der Waals surface area contributed by atoms with Crippen LogP contribution < -0.4 is 5.73 Å². The summed E-state index contributed by atoms with van der Waals surface area (Å²) in [6, 6.07) is 3.63. The highest BCUT2D eigenvalue weighted by Gasteiger charge is 2.20. The molecule has 0 spiro atoms. The first-order valence-electron chi connectivity index (χ1n) is 5.91. The van der Waals surface area contributed by atoms with Crippen molar-refractivity contribution in [2.75, 3.05) is 12.8 Å². The van der Waals surface area contributed by atoms with Gasteiger partial charge in [-0.1, -0.05) is 13.8 Å². The molecule has 1 heterocycles. The molecule has 1 amide bonds. The molecule has 0 aliphatic rings. The van der Waals surface area contributed by atoms with Gasteiger partial charge in [-0.25, -0.2) is 4.98 Å². The monoisotopic (exact) mass is 235 g/mol. The third-order valence-electron chi connectivity index (χ3n) is 2.86. The maximum absolute atomic E-state index is 12.2. The van der Waals surface area contributed by atoms with Crippen molar-refractivity contribution in [3.63, 3.8) is 0 Å². The van der Waals surface area contributed by atoms with Gasteiger partial charge in [-0.2, -0.15) is 0 Å². The lowest BCUT2D eigenvalue weighted by Crippen LogP contribution is -2.36. The summed E-state index contributed by atoms with van der Waals surface area (Å²) < 4.78 is 0. The molecule has 4 heteroatoms. The highest BCUT2D eigenvalue weighted by Crippen LogP contribution is 2.15. The second-order valence-corrected chi connectivity index (χ2v) is 4.83. The summed E-state index contributed by atoms with van der Waals surface area (Å²) in [6.07, 6.45) is 2.56. The lowest BCUT2D eigenvalue weighted by atomic mass is 10.0. The van der Waals surface area contributed by atoms with Crippen LogP contribution in [0.1, 0.15) is 37.6 Å². The first-order chi connectivity index (χ1) is 7.93. The van der Waals surface area contributed by atoms with E-state index in [-0.39, 0.29) is 11.9 Å². The van der Waals surface area contributed by atoms with E-state index in [1.165, 1.54) is 0 Å². The van der Waals surface area contributed by atoms with Crippen LogP contribution in [0.5, 0.6) is 0 Å². The zero-order valence-electron chi connectivity index (χ0n) is 11.0. The molecule has 1 aromatic rings. The van der Waals surface area contributed by atoms with Crippen molar-refractivity contribution in [2.45, 2.75) is 33.2 Å². The molecular weight excluding hydrogens is 214 g/mol. The average Bonchev–Trinajstić information content (AvgIpc) is 2.27. The lowest BCUT2D eigenvalue weighted by molar-refractivity contribution is 0.0729. The van der Waals surface area contributed by atoms with E-state index in [0.29, 0.717) is 17.3 Å². The number of nitrogens with two attached hydrogens (primary N) is 1. The standard InChI is InChI=1S/C13H21N3O/c1-9(2)8-10(3)16(4)13(17)11-6-5-7-15-12(11)14/h5-7,9-10H,8H2,1-4H3,(H2,14,15). The molecule has 0 aliphatic carbocycles. The smallest absolute Gasteiger partial charge is 0.257 e. The number of amides is 1. The molecule has 4 nitrogen and oxygen atoms in total. The average molecular weight is 235 g/mol. The maximum atomic E-state index is 12.2. The van der Waals surface area contributed by atoms with Crippen LogP contribution in [-0.2, 0) is 0 Å². The van der Waals surface area contributed by atoms with Crippen molar-refractivity contribution in [3.8, 4) is 0 Å². The van der Waals surface area contributed by atoms with Crippen molar-refractivity contribution in [2.24, 2.45) is 5.92 Å². The van der Waals surface area contributed by atoms with Crippen LogP contribution in [0.3, 0.4) is 0 Å². The predicted molar refractivity (Wildman–Crippen MR) is 69.7 cm³/mol. The SMILES string of the molecule is CC(C)CC(C)N(C)C(=O)c1cccnc1N. The van der Waals surface area contributed by atoms with E-state index >= 15 is 0 Å². The number of rotatable bonds is 4. The Kier molecular flexibility index (Phi) is 4.49. The maximum Gasteiger partial charge on any atom is 0.257 e. The molecule has 0 bridgehead atoms. The molecule has 0 saturated heterocycles. The summed E-state index contributed by atoms with van der Waals surface area (Å²) in [5, 5.41) is 0. The van der Waals surface area contributed by atoms with Gasteiger partial charge in [0.2, 0.25) is 0 Å². The molecule has 94 valence electrons. The highest BCUT2D eigenvalue weighted by atomic mass is 16.2. The third kappa shape index (κ3) is 3.44. The van der Waals surface area contributed by atoms with Gasteiger partial charge in [0.25, 0.3) is 5.91 Å². The summed E-state index contributed by atoms with van der Waals surface area (Å²) >= 11 is 0. The minimum atomic E-state index is -0.0660. The van der Waals surface area contributed by atoms with E-state index in [4.69, 9.17) is 5.73 Å². The van der Waals surface area contributed by atoms with Crippen molar-refractivity contribution in [3.05, 3.63) is 23.9 Å². The number of anilines is 1. The summed E-state index contributed by atoms with van der Waals surface area (Å²) in [4.78, 5) is 17.9. The Hall–Kier alpha value is -1.58. The Morgan fingerprint density at radius 2 is 2.12 bits per heavy atom.